The number of nitrogens with one attached hydrogen (secondary N) is 3. The molecule has 1 aliphatic rings. The van der Waals surface area contributed by atoms with Crippen LogP contribution in [-0.4, -0.2) is 63.2 Å². The molecule has 0 radical (unpaired) electrons. The Kier molecular flexibility index (Phi) is 15.2. The van der Waals surface area contributed by atoms with Crippen LogP contribution in [0.15, 0.2) is 30.5 Å². The Morgan fingerprint density at radius 3 is 2.50 bits per heavy atom. The van der Waals surface area contributed by atoms with Gasteiger partial charge in [-0.3, -0.25) is 20.2 Å². The van der Waals surface area contributed by atoms with Gasteiger partial charge in [-0.2, -0.15) is 5.06 Å². The summed E-state index contributed by atoms with van der Waals surface area (Å²) in [6.45, 7) is 13.6. The summed E-state index contributed by atoms with van der Waals surface area (Å²) in [5.41, 5.74) is 2.52. The molecular weight excluding hydrogens is 434 g/mol. The SMILES string of the molecule is CC.CCN(N)C(=N)c1cccc(NC(=O)c2cc3c(cn2)CCN(O)C3)n1.CCNCC.N.[HH]. The molecule has 11 nitrogen and oxygen atoms in total. The molecule has 0 saturated carbocycles. The first-order valence-electron chi connectivity index (χ1n) is 11.4. The van der Waals surface area contributed by atoms with E-state index in [4.69, 9.17) is 11.3 Å². The molecule has 0 aromatic carbocycles. The van der Waals surface area contributed by atoms with Crippen molar-refractivity contribution in [2.75, 3.05) is 31.5 Å². The second-order valence-electron chi connectivity index (χ2n) is 6.93. The fraction of sp³-hybridized carbons (Fsp3) is 0.478. The Labute approximate surface area is 204 Å². The summed E-state index contributed by atoms with van der Waals surface area (Å²) in [6.07, 6.45) is 2.36. The number of rotatable bonds is 6. The molecule has 1 amide bonds. The third-order valence-corrected chi connectivity index (χ3v) is 4.67. The van der Waals surface area contributed by atoms with Crippen molar-refractivity contribution in [2.45, 2.75) is 47.6 Å². The van der Waals surface area contributed by atoms with Gasteiger partial charge >= 0.3 is 0 Å². The molecule has 0 spiro atoms. The van der Waals surface area contributed by atoms with Crippen LogP contribution in [0.2, 0.25) is 0 Å². The number of amidine groups is 1. The summed E-state index contributed by atoms with van der Waals surface area (Å²) in [7, 11) is 0. The molecule has 0 unspecified atom stereocenters. The Balaban J connectivity index is 0. The highest BCUT2D eigenvalue weighted by Crippen LogP contribution is 2.18. The van der Waals surface area contributed by atoms with Crippen molar-refractivity contribution in [3.05, 3.63) is 53.0 Å². The van der Waals surface area contributed by atoms with Crippen LogP contribution in [0.5, 0.6) is 0 Å². The zero-order valence-corrected chi connectivity index (χ0v) is 21.1. The molecule has 1 aliphatic heterocycles. The molecule has 3 rings (SSSR count). The fourth-order valence-electron chi connectivity index (χ4n) is 2.92. The van der Waals surface area contributed by atoms with Crippen LogP contribution < -0.4 is 22.6 Å². The molecular formula is C23H43N9O2. The van der Waals surface area contributed by atoms with Gasteiger partial charge in [0.25, 0.3) is 5.91 Å². The molecule has 3 heterocycles. The van der Waals surface area contributed by atoms with E-state index in [9.17, 15) is 10.0 Å². The second kappa shape index (κ2) is 16.6. The zero-order valence-electron chi connectivity index (χ0n) is 21.1. The zero-order chi connectivity index (χ0) is 24.8. The van der Waals surface area contributed by atoms with Crippen molar-refractivity contribution < 1.29 is 11.4 Å². The Morgan fingerprint density at radius 2 is 1.91 bits per heavy atom. The van der Waals surface area contributed by atoms with Gasteiger partial charge in [-0.25, -0.2) is 10.8 Å². The standard InChI is InChI=1S/C17H21N7O2.C4H11N.C2H6.H3N.H2/c1-2-24(19)16(18)13-4-3-5-15(21-13)22-17(25)14-8-12-10-23(26)7-6-11(12)9-20-14;1-3-5-4-2;1-2;;/h3-5,8-9,18,26H,2,6-7,10,19H2,1H3,(H,21,22,25);5H,3-4H2,1-2H3;1-2H3;1H3;1H. The van der Waals surface area contributed by atoms with E-state index in [0.717, 1.165) is 24.2 Å². The normalized spacial score (nSPS) is 12.0. The van der Waals surface area contributed by atoms with E-state index < -0.39 is 5.91 Å². The number of nitrogens with zero attached hydrogens (tertiary/aromatic N) is 4. The molecule has 0 bridgehead atoms. The minimum atomic E-state index is -0.404. The summed E-state index contributed by atoms with van der Waals surface area (Å²) in [5.74, 6) is 5.69. The van der Waals surface area contributed by atoms with Crippen molar-refractivity contribution in [3.8, 4) is 0 Å². The first kappa shape index (κ1) is 31.0. The van der Waals surface area contributed by atoms with Crippen molar-refractivity contribution in [3.63, 3.8) is 0 Å². The van der Waals surface area contributed by atoms with Crippen molar-refractivity contribution in [1.82, 2.24) is 31.5 Å². The van der Waals surface area contributed by atoms with E-state index in [1.807, 2.05) is 20.8 Å². The van der Waals surface area contributed by atoms with E-state index in [1.54, 1.807) is 30.5 Å². The van der Waals surface area contributed by atoms with Crippen LogP contribution in [0.1, 0.15) is 63.4 Å². The van der Waals surface area contributed by atoms with Crippen LogP contribution >= 0.6 is 0 Å². The maximum atomic E-state index is 12.5. The summed E-state index contributed by atoms with van der Waals surface area (Å²) in [5, 5.41) is 25.9. The number of hydrogen-bond acceptors (Lipinski definition) is 9. The van der Waals surface area contributed by atoms with Gasteiger partial charge in [0.15, 0.2) is 5.84 Å². The van der Waals surface area contributed by atoms with E-state index in [0.29, 0.717) is 37.6 Å². The molecule has 0 fully saturated rings. The average Bonchev–Trinajstić information content (AvgIpc) is 2.84. The van der Waals surface area contributed by atoms with Crippen LogP contribution in [0.25, 0.3) is 0 Å². The monoisotopic (exact) mass is 477 g/mol. The number of hydrazine groups is 1. The first-order valence-corrected chi connectivity index (χ1v) is 11.4. The third kappa shape index (κ3) is 9.49. The Hall–Kier alpha value is -2.96. The van der Waals surface area contributed by atoms with Gasteiger partial charge in [-0.15, -0.1) is 0 Å². The summed E-state index contributed by atoms with van der Waals surface area (Å²) in [6, 6.07) is 6.66. The van der Waals surface area contributed by atoms with Gasteiger partial charge in [0.1, 0.15) is 17.2 Å². The molecule has 11 heteroatoms. The first-order chi connectivity index (χ1) is 15.9. The van der Waals surface area contributed by atoms with Gasteiger partial charge < -0.3 is 22.0 Å². The van der Waals surface area contributed by atoms with Crippen molar-refractivity contribution in [2.24, 2.45) is 5.84 Å². The largest absolute Gasteiger partial charge is 0.344 e. The second-order valence-corrected chi connectivity index (χ2v) is 6.93. The van der Waals surface area contributed by atoms with Crippen molar-refractivity contribution >= 4 is 17.6 Å². The number of nitrogens with two attached hydrogens (primary N) is 1. The Morgan fingerprint density at radius 1 is 1.24 bits per heavy atom. The van der Waals surface area contributed by atoms with Gasteiger partial charge in [0.05, 0.1) is 0 Å². The predicted molar refractivity (Wildman–Crippen MR) is 138 cm³/mol. The highest BCUT2D eigenvalue weighted by Gasteiger charge is 2.18. The number of aromatic nitrogens is 2. The molecule has 0 atom stereocenters. The molecule has 34 heavy (non-hydrogen) atoms. The molecule has 2 aromatic rings. The minimum absolute atomic E-state index is 0. The highest BCUT2D eigenvalue weighted by atomic mass is 16.5. The lowest BCUT2D eigenvalue weighted by atomic mass is 10.0. The predicted octanol–water partition coefficient (Wildman–Crippen LogP) is 3.05. The lowest BCUT2D eigenvalue weighted by Gasteiger charge is -2.23. The highest BCUT2D eigenvalue weighted by molar-refractivity contribution is 6.03. The van der Waals surface area contributed by atoms with Gasteiger partial charge in [-0.1, -0.05) is 33.8 Å². The van der Waals surface area contributed by atoms with Gasteiger partial charge in [0, 0.05) is 27.3 Å². The number of fused-ring (bicyclic) bond motifs is 1. The van der Waals surface area contributed by atoms with E-state index in [-0.39, 0.29) is 19.1 Å². The van der Waals surface area contributed by atoms with Crippen LogP contribution in [0, 0.1) is 5.41 Å². The number of amides is 1. The van der Waals surface area contributed by atoms with Crippen LogP contribution in [0.4, 0.5) is 5.82 Å². The number of hydrogen-bond donors (Lipinski definition) is 6. The maximum absolute atomic E-state index is 12.5. The molecule has 0 aliphatic carbocycles. The van der Waals surface area contributed by atoms with E-state index in [2.05, 4.69) is 34.4 Å². The number of carbonyl (C=O) groups excluding carboxylic acids is 1. The topological polar surface area (TPSA) is 178 Å². The van der Waals surface area contributed by atoms with Gasteiger partial charge in [-0.05, 0) is 55.8 Å². The van der Waals surface area contributed by atoms with E-state index in [1.165, 1.54) is 10.1 Å². The maximum Gasteiger partial charge on any atom is 0.275 e. The summed E-state index contributed by atoms with van der Waals surface area (Å²) < 4.78 is 0. The lowest BCUT2D eigenvalue weighted by Crippen LogP contribution is -2.37. The average molecular weight is 478 g/mol. The number of hydroxylamine groups is 2. The molecule has 0 saturated heterocycles. The van der Waals surface area contributed by atoms with Crippen LogP contribution in [0.3, 0.4) is 0 Å². The van der Waals surface area contributed by atoms with E-state index >= 15 is 0 Å². The summed E-state index contributed by atoms with van der Waals surface area (Å²) >= 11 is 0. The fourth-order valence-corrected chi connectivity index (χ4v) is 2.92. The smallest absolute Gasteiger partial charge is 0.275 e. The lowest BCUT2D eigenvalue weighted by molar-refractivity contribution is -0.103. The molecule has 192 valence electrons. The molecule has 2 aromatic heterocycles. The minimum Gasteiger partial charge on any atom is -0.344 e. The number of anilines is 1. The van der Waals surface area contributed by atoms with Crippen LogP contribution in [-0.2, 0) is 13.0 Å². The third-order valence-electron chi connectivity index (χ3n) is 4.67. The number of pyridine rings is 2. The summed E-state index contributed by atoms with van der Waals surface area (Å²) in [4.78, 5) is 20.9. The number of carbonyl (C=O) groups is 1. The quantitative estimate of drug-likeness (QED) is 0.158. The van der Waals surface area contributed by atoms with Crippen molar-refractivity contribution in [1.29, 1.82) is 5.41 Å². The Bertz CT molecular complexity index is 897. The molecule has 9 N–H and O–H groups in total. The van der Waals surface area contributed by atoms with Gasteiger partial charge in [0.2, 0.25) is 0 Å².